The lowest BCUT2D eigenvalue weighted by molar-refractivity contribution is -0.000573. The maximum atomic E-state index is 13.5. The molecule has 0 aliphatic carbocycles. The van der Waals surface area contributed by atoms with Crippen LogP contribution in [0.1, 0.15) is 29.8 Å². The van der Waals surface area contributed by atoms with Gasteiger partial charge in [-0.25, -0.2) is 0 Å². The van der Waals surface area contributed by atoms with Crippen LogP contribution in [-0.4, -0.2) is 33.6 Å². The van der Waals surface area contributed by atoms with E-state index >= 15 is 0 Å². The summed E-state index contributed by atoms with van der Waals surface area (Å²) >= 11 is 0. The number of benzene rings is 3. The molecule has 0 bridgehead atoms. The minimum Gasteiger partial charge on any atom is -0.358 e. The predicted molar refractivity (Wildman–Crippen MR) is 116 cm³/mol. The molecule has 5 aromatic rings. The highest BCUT2D eigenvalue weighted by molar-refractivity contribution is 6.30. The smallest absolute Gasteiger partial charge is 0.257 e. The Morgan fingerprint density at radius 3 is 2.17 bits per heavy atom. The first-order valence-corrected chi connectivity index (χ1v) is 10.00. The molecule has 2 N–H and O–H groups in total. The molecule has 3 heterocycles. The number of amides is 1. The third-order valence-corrected chi connectivity index (χ3v) is 5.93. The van der Waals surface area contributed by atoms with Crippen LogP contribution in [-0.2, 0) is 11.3 Å². The van der Waals surface area contributed by atoms with E-state index < -0.39 is 0 Å². The van der Waals surface area contributed by atoms with Gasteiger partial charge in [-0.3, -0.25) is 4.79 Å². The number of hydrogen-bond acceptors (Lipinski definition) is 2. The number of H-pyrrole nitrogens is 2. The Hall–Kier alpha value is -3.31. The summed E-state index contributed by atoms with van der Waals surface area (Å²) < 4.78 is 5.78. The topological polar surface area (TPSA) is 61.1 Å². The maximum absolute atomic E-state index is 13.5. The molecule has 0 saturated heterocycles. The van der Waals surface area contributed by atoms with Crippen molar-refractivity contribution in [3.8, 4) is 0 Å². The lowest BCUT2D eigenvalue weighted by atomic mass is 9.97. The number of aromatic nitrogens is 2. The Kier molecular flexibility index (Phi) is 3.35. The summed E-state index contributed by atoms with van der Waals surface area (Å²) in [5.41, 5.74) is 6.08. The highest BCUT2D eigenvalue weighted by Crippen LogP contribution is 2.43. The number of carbonyl (C=O) groups excluding carboxylic acids is 1. The molecule has 29 heavy (non-hydrogen) atoms. The number of nitrogens with zero attached hydrogens (tertiary/aromatic N) is 1. The quantitative estimate of drug-likeness (QED) is 0.444. The van der Waals surface area contributed by atoms with E-state index in [-0.39, 0.29) is 12.0 Å². The molecule has 1 amide bonds. The van der Waals surface area contributed by atoms with Crippen LogP contribution in [0, 0.1) is 0 Å². The van der Waals surface area contributed by atoms with Crippen molar-refractivity contribution in [3.05, 3.63) is 59.7 Å². The van der Waals surface area contributed by atoms with E-state index in [0.29, 0.717) is 13.3 Å². The van der Waals surface area contributed by atoms with E-state index in [2.05, 4.69) is 34.2 Å². The molecular formula is C24H21N3O2. The Bertz CT molecular complexity index is 1440. The van der Waals surface area contributed by atoms with Crippen LogP contribution in [0.2, 0.25) is 0 Å². The zero-order chi connectivity index (χ0) is 19.7. The Balaban J connectivity index is 1.75. The molecule has 0 unspecified atom stereocenters. The number of nitrogens with one attached hydrogen (secondary N) is 2. The molecule has 0 saturated carbocycles. The average Bonchev–Trinajstić information content (AvgIpc) is 3.37. The van der Waals surface area contributed by atoms with E-state index in [1.165, 1.54) is 0 Å². The number of fused-ring (bicyclic) bond motifs is 10. The summed E-state index contributed by atoms with van der Waals surface area (Å²) in [7, 11) is 0. The molecule has 6 rings (SSSR count). The van der Waals surface area contributed by atoms with Gasteiger partial charge in [-0.15, -0.1) is 0 Å². The summed E-state index contributed by atoms with van der Waals surface area (Å²) in [5, 5.41) is 4.37. The molecule has 144 valence electrons. The zero-order valence-electron chi connectivity index (χ0n) is 16.4. The third kappa shape index (κ3) is 2.22. The third-order valence-electron chi connectivity index (χ3n) is 5.93. The van der Waals surface area contributed by atoms with Crippen LogP contribution in [0.5, 0.6) is 0 Å². The molecule has 0 spiro atoms. The summed E-state index contributed by atoms with van der Waals surface area (Å²) in [6.45, 7) is 4.85. The van der Waals surface area contributed by atoms with Crippen molar-refractivity contribution in [2.45, 2.75) is 26.5 Å². The van der Waals surface area contributed by atoms with Crippen molar-refractivity contribution in [2.75, 3.05) is 6.73 Å². The Morgan fingerprint density at radius 2 is 1.52 bits per heavy atom. The van der Waals surface area contributed by atoms with Crippen molar-refractivity contribution >= 4 is 49.5 Å². The Labute approximate surface area is 167 Å². The van der Waals surface area contributed by atoms with E-state index in [1.807, 2.05) is 43.0 Å². The van der Waals surface area contributed by atoms with Crippen LogP contribution >= 0.6 is 0 Å². The fraction of sp³-hybridized carbons (Fsp3) is 0.208. The van der Waals surface area contributed by atoms with Crippen LogP contribution in [0.25, 0.3) is 43.6 Å². The van der Waals surface area contributed by atoms with Crippen LogP contribution in [0.3, 0.4) is 0 Å². The van der Waals surface area contributed by atoms with Crippen LogP contribution in [0.4, 0.5) is 0 Å². The van der Waals surface area contributed by atoms with Gasteiger partial charge in [0.05, 0.1) is 22.7 Å². The molecule has 0 fully saturated rings. The minimum absolute atomic E-state index is 0.0441. The number of para-hydroxylation sites is 2. The first-order valence-electron chi connectivity index (χ1n) is 10.00. The van der Waals surface area contributed by atoms with Crippen molar-refractivity contribution in [2.24, 2.45) is 0 Å². The fourth-order valence-electron chi connectivity index (χ4n) is 4.67. The van der Waals surface area contributed by atoms with E-state index in [0.717, 1.165) is 54.7 Å². The molecule has 2 aromatic heterocycles. The van der Waals surface area contributed by atoms with E-state index in [4.69, 9.17) is 4.74 Å². The van der Waals surface area contributed by atoms with Gasteiger partial charge in [-0.1, -0.05) is 36.4 Å². The summed E-state index contributed by atoms with van der Waals surface area (Å²) in [6, 6.07) is 16.5. The van der Waals surface area contributed by atoms with Crippen molar-refractivity contribution in [1.29, 1.82) is 0 Å². The maximum Gasteiger partial charge on any atom is 0.257 e. The molecule has 5 nitrogen and oxygen atoms in total. The molecule has 0 atom stereocenters. The first-order chi connectivity index (χ1) is 14.1. The second kappa shape index (κ2) is 5.84. The molecule has 1 aliphatic heterocycles. The van der Waals surface area contributed by atoms with Crippen molar-refractivity contribution < 1.29 is 9.53 Å². The number of rotatable bonds is 3. The van der Waals surface area contributed by atoms with Gasteiger partial charge in [-0.05, 0) is 31.5 Å². The molecule has 5 heteroatoms. The summed E-state index contributed by atoms with van der Waals surface area (Å²) in [6.07, 6.45) is 0.0766. The van der Waals surface area contributed by atoms with Gasteiger partial charge in [0.1, 0.15) is 6.73 Å². The minimum atomic E-state index is 0.0441. The number of hydrogen-bond donors (Lipinski definition) is 2. The van der Waals surface area contributed by atoms with E-state index in [9.17, 15) is 4.79 Å². The molecule has 3 aromatic carbocycles. The zero-order valence-corrected chi connectivity index (χ0v) is 16.4. The van der Waals surface area contributed by atoms with Gasteiger partial charge in [0.2, 0.25) is 0 Å². The number of carbonyl (C=O) groups is 1. The Morgan fingerprint density at radius 1 is 0.931 bits per heavy atom. The van der Waals surface area contributed by atoms with Gasteiger partial charge >= 0.3 is 0 Å². The monoisotopic (exact) mass is 383 g/mol. The van der Waals surface area contributed by atoms with Crippen molar-refractivity contribution in [3.63, 3.8) is 0 Å². The van der Waals surface area contributed by atoms with E-state index in [1.54, 1.807) is 0 Å². The van der Waals surface area contributed by atoms with Crippen molar-refractivity contribution in [1.82, 2.24) is 14.9 Å². The second-order valence-electron chi connectivity index (χ2n) is 8.04. The second-order valence-corrected chi connectivity index (χ2v) is 8.04. The van der Waals surface area contributed by atoms with Gasteiger partial charge in [0.15, 0.2) is 0 Å². The highest BCUT2D eigenvalue weighted by Gasteiger charge is 2.34. The largest absolute Gasteiger partial charge is 0.358 e. The van der Waals surface area contributed by atoms with Gasteiger partial charge in [-0.2, -0.15) is 0 Å². The normalized spacial score (nSPS) is 14.3. The van der Waals surface area contributed by atoms with Gasteiger partial charge in [0, 0.05) is 39.1 Å². The van der Waals surface area contributed by atoms with Gasteiger partial charge < -0.3 is 19.6 Å². The highest BCUT2D eigenvalue weighted by atomic mass is 16.5. The lowest BCUT2D eigenvalue weighted by Gasteiger charge is -2.17. The SMILES string of the molecule is CC(C)OCN1Cc2c(c3c4ccccc4[nH]c3c3[nH]c4ccccc4c23)C1=O. The summed E-state index contributed by atoms with van der Waals surface area (Å²) in [5.74, 6) is 0.0441. The fourth-order valence-corrected chi connectivity index (χ4v) is 4.67. The number of ether oxygens (including phenoxy) is 1. The molecular weight excluding hydrogens is 362 g/mol. The van der Waals surface area contributed by atoms with Crippen LogP contribution in [0.15, 0.2) is 48.5 Å². The summed E-state index contributed by atoms with van der Waals surface area (Å²) in [4.78, 5) is 22.5. The molecule has 1 aliphatic rings. The lowest BCUT2D eigenvalue weighted by Crippen LogP contribution is -2.28. The predicted octanol–water partition coefficient (Wildman–Crippen LogP) is 5.29. The molecule has 0 radical (unpaired) electrons. The number of aromatic amines is 2. The first kappa shape index (κ1) is 16.6. The van der Waals surface area contributed by atoms with Gasteiger partial charge in [0.25, 0.3) is 5.91 Å². The standard InChI is InChI=1S/C24H21N3O2/c1-13(2)29-12-27-11-16-19-14-7-3-5-9-17(14)25-22(19)23-20(21(16)24(27)28)15-8-4-6-10-18(15)26-23/h3-10,13,25-26H,11-12H2,1-2H3. The average molecular weight is 383 g/mol. The van der Waals surface area contributed by atoms with Crippen LogP contribution < -0.4 is 0 Å².